The molecule has 0 aliphatic carbocycles. The van der Waals surface area contributed by atoms with Gasteiger partial charge in [-0.15, -0.1) is 0 Å². The molecule has 2 heterocycles. The van der Waals surface area contributed by atoms with E-state index in [1.165, 1.54) is 44.9 Å². The number of rotatable bonds is 9. The molecule has 59 heavy (non-hydrogen) atoms. The molecule has 316 valence electrons. The Morgan fingerprint density at radius 1 is 0.627 bits per heavy atom. The van der Waals surface area contributed by atoms with E-state index in [1.54, 1.807) is 54.4 Å². The van der Waals surface area contributed by atoms with Gasteiger partial charge in [-0.25, -0.2) is 28.0 Å². The van der Waals surface area contributed by atoms with Gasteiger partial charge in [-0.05, 0) is 117 Å². The Morgan fingerprint density at radius 2 is 1.08 bits per heavy atom. The highest BCUT2D eigenvalue weighted by Gasteiger charge is 2.25. The number of anilines is 2. The zero-order valence-corrected chi connectivity index (χ0v) is 35.4. The number of urea groups is 2. The molecule has 4 amide bonds. The summed E-state index contributed by atoms with van der Waals surface area (Å²) >= 11 is 3.13. The van der Waals surface area contributed by atoms with Gasteiger partial charge >= 0.3 is 24.0 Å². The zero-order chi connectivity index (χ0) is 42.7. The first-order valence-corrected chi connectivity index (χ1v) is 20.3. The molecule has 0 bridgehead atoms. The van der Waals surface area contributed by atoms with Crippen molar-refractivity contribution in [3.05, 3.63) is 119 Å². The number of hydrogen-bond donors (Lipinski definition) is 1. The number of esters is 2. The second-order valence-corrected chi connectivity index (χ2v) is 14.1. The minimum atomic E-state index is -0.605. The number of nitrogens with one attached hydrogen (secondary N) is 1. The number of amides is 4. The van der Waals surface area contributed by atoms with Crippen molar-refractivity contribution in [3.8, 4) is 11.5 Å². The summed E-state index contributed by atoms with van der Waals surface area (Å²) in [5.74, 6) is -0.627. The molecule has 0 saturated carbocycles. The summed E-state index contributed by atoms with van der Waals surface area (Å²) in [5.41, 5.74) is 2.66. The Kier molecular flexibility index (Phi) is 18.4. The van der Waals surface area contributed by atoms with Gasteiger partial charge in [0.25, 0.3) is 0 Å². The molecule has 12 nitrogen and oxygen atoms in total. The first-order valence-electron chi connectivity index (χ1n) is 19.2. The van der Waals surface area contributed by atoms with E-state index in [1.807, 2.05) is 29.2 Å². The molecular weight excluding hydrogens is 830 g/mol. The SMILES string of the molecule is COC(=O)c1ccc(CBr)c(F)c1.COC(=O)c1ccc(CN(C(=O)N2CCCCC2)c2ccc(OC)cc2)c(F)c1.COc1ccc(NC(=O)N2CCCCC2)cc1. The van der Waals surface area contributed by atoms with Crippen LogP contribution in [-0.2, 0) is 21.3 Å². The molecule has 0 atom stereocenters. The molecule has 0 unspecified atom stereocenters. The summed E-state index contributed by atoms with van der Waals surface area (Å²) < 4.78 is 47.1. The van der Waals surface area contributed by atoms with E-state index in [-0.39, 0.29) is 29.7 Å². The van der Waals surface area contributed by atoms with Gasteiger partial charge in [-0.3, -0.25) is 4.90 Å². The molecule has 1 N–H and O–H groups in total. The van der Waals surface area contributed by atoms with E-state index < -0.39 is 23.6 Å². The summed E-state index contributed by atoms with van der Waals surface area (Å²) in [5, 5.41) is 3.33. The molecule has 4 aromatic carbocycles. The van der Waals surface area contributed by atoms with Crippen LogP contribution >= 0.6 is 15.9 Å². The fourth-order valence-corrected chi connectivity index (χ4v) is 6.71. The topological polar surface area (TPSA) is 127 Å². The molecule has 6 rings (SSSR count). The normalized spacial score (nSPS) is 13.3. The highest BCUT2D eigenvalue weighted by Crippen LogP contribution is 2.25. The summed E-state index contributed by atoms with van der Waals surface area (Å²) in [4.78, 5) is 52.9. The number of piperidine rings is 2. The monoisotopic (exact) mass is 880 g/mol. The van der Waals surface area contributed by atoms with Crippen molar-refractivity contribution >= 4 is 51.3 Å². The van der Waals surface area contributed by atoms with Crippen molar-refractivity contribution in [2.75, 3.05) is 64.8 Å². The molecule has 2 aliphatic heterocycles. The van der Waals surface area contributed by atoms with Crippen LogP contribution in [0.1, 0.15) is 70.4 Å². The minimum Gasteiger partial charge on any atom is -0.497 e. The van der Waals surface area contributed by atoms with E-state index in [9.17, 15) is 28.0 Å². The molecule has 2 fully saturated rings. The molecule has 2 aliphatic rings. The molecule has 0 aromatic heterocycles. The number of carbonyl (C=O) groups is 4. The third kappa shape index (κ3) is 13.7. The second-order valence-electron chi connectivity index (χ2n) is 13.5. The number of halogens is 3. The largest absolute Gasteiger partial charge is 0.497 e. The molecule has 4 aromatic rings. The fourth-order valence-electron chi connectivity index (χ4n) is 6.25. The van der Waals surface area contributed by atoms with E-state index in [0.717, 1.165) is 62.7 Å². The van der Waals surface area contributed by atoms with Crippen molar-refractivity contribution in [2.45, 2.75) is 50.4 Å². The van der Waals surface area contributed by atoms with Crippen LogP contribution < -0.4 is 19.7 Å². The predicted molar refractivity (Wildman–Crippen MR) is 226 cm³/mol. The third-order valence-corrected chi connectivity index (χ3v) is 10.3. The number of methoxy groups -OCH3 is 4. The predicted octanol–water partition coefficient (Wildman–Crippen LogP) is 9.45. The van der Waals surface area contributed by atoms with Crippen LogP contribution in [0.25, 0.3) is 0 Å². The molecule has 0 radical (unpaired) electrons. The lowest BCUT2D eigenvalue weighted by Crippen LogP contribution is -2.45. The summed E-state index contributed by atoms with van der Waals surface area (Å²) in [6, 6.07) is 22.7. The number of nitrogens with zero attached hydrogens (tertiary/aromatic N) is 3. The Labute approximate surface area is 352 Å². The Bertz CT molecular complexity index is 1990. The molecule has 15 heteroatoms. The Hall–Kier alpha value is -5.70. The average Bonchev–Trinajstić information content (AvgIpc) is 3.29. The number of ether oxygens (including phenoxy) is 4. The van der Waals surface area contributed by atoms with Crippen molar-refractivity contribution in [3.63, 3.8) is 0 Å². The second kappa shape index (κ2) is 23.6. The van der Waals surface area contributed by atoms with Gasteiger partial charge < -0.3 is 34.1 Å². The van der Waals surface area contributed by atoms with Crippen LogP contribution in [0.15, 0.2) is 84.9 Å². The first kappa shape index (κ1) is 46.0. The van der Waals surface area contributed by atoms with Gasteiger partial charge in [0.2, 0.25) is 0 Å². The van der Waals surface area contributed by atoms with E-state index in [0.29, 0.717) is 41.0 Å². The van der Waals surface area contributed by atoms with Crippen molar-refractivity contribution < 1.29 is 46.9 Å². The van der Waals surface area contributed by atoms with Gasteiger partial charge in [0, 0.05) is 48.4 Å². The maximum atomic E-state index is 14.7. The van der Waals surface area contributed by atoms with E-state index in [2.05, 4.69) is 30.7 Å². The van der Waals surface area contributed by atoms with E-state index in [4.69, 9.17) is 9.47 Å². The fraction of sp³-hybridized carbons (Fsp3) is 0.364. The van der Waals surface area contributed by atoms with Crippen LogP contribution in [0, 0.1) is 11.6 Å². The van der Waals surface area contributed by atoms with Crippen LogP contribution in [-0.4, -0.2) is 88.4 Å². The summed E-state index contributed by atoms with van der Waals surface area (Å²) in [6.07, 6.45) is 6.48. The summed E-state index contributed by atoms with van der Waals surface area (Å²) in [7, 11) is 5.71. The van der Waals surface area contributed by atoms with Gasteiger partial charge in [-0.2, -0.15) is 0 Å². The number of hydrogen-bond acceptors (Lipinski definition) is 8. The van der Waals surface area contributed by atoms with E-state index >= 15 is 0 Å². The van der Waals surface area contributed by atoms with Crippen LogP contribution in [0.2, 0.25) is 0 Å². The van der Waals surface area contributed by atoms with Gasteiger partial charge in [-0.1, -0.05) is 28.1 Å². The van der Waals surface area contributed by atoms with Crippen molar-refractivity contribution in [1.29, 1.82) is 0 Å². The highest BCUT2D eigenvalue weighted by molar-refractivity contribution is 9.08. The first-order chi connectivity index (χ1) is 28.5. The van der Waals surface area contributed by atoms with Crippen LogP contribution in [0.5, 0.6) is 11.5 Å². The van der Waals surface area contributed by atoms with Crippen molar-refractivity contribution in [1.82, 2.24) is 9.80 Å². The number of carbonyl (C=O) groups excluding carboxylic acids is 4. The minimum absolute atomic E-state index is 0.00475. The summed E-state index contributed by atoms with van der Waals surface area (Å²) in [6.45, 7) is 3.16. The molecular formula is C44H51BrF2N4O8. The number of alkyl halides is 1. The van der Waals surface area contributed by atoms with Gasteiger partial charge in [0.05, 0.1) is 46.1 Å². The lowest BCUT2D eigenvalue weighted by molar-refractivity contribution is 0.0591. The maximum absolute atomic E-state index is 14.7. The van der Waals surface area contributed by atoms with Crippen LogP contribution in [0.4, 0.5) is 29.7 Å². The standard InChI is InChI=1S/C22H25FN2O4.C13H18N2O2.C9H8BrFO2/c1-28-19-10-8-18(9-11-19)25(22(27)24-12-4-3-5-13-24)15-17-7-6-16(14-20(17)23)21(26)29-2;1-17-12-7-5-11(6-8-12)14-13(16)15-9-3-2-4-10-15;1-13-9(12)6-2-3-7(5-10)8(11)4-6/h6-11,14H,3-5,12-13,15H2,1-2H3;5-8H,2-4,9-10H2,1H3,(H,14,16);2-4H,5H2,1H3. The molecule has 0 spiro atoms. The lowest BCUT2D eigenvalue weighted by Gasteiger charge is -2.33. The van der Waals surface area contributed by atoms with Gasteiger partial charge in [0.1, 0.15) is 23.1 Å². The van der Waals surface area contributed by atoms with Crippen molar-refractivity contribution in [2.24, 2.45) is 0 Å². The third-order valence-electron chi connectivity index (χ3n) is 9.65. The van der Waals surface area contributed by atoms with Crippen LogP contribution in [0.3, 0.4) is 0 Å². The lowest BCUT2D eigenvalue weighted by atomic mass is 10.1. The number of benzene rings is 4. The zero-order valence-electron chi connectivity index (χ0n) is 33.8. The molecule has 2 saturated heterocycles. The highest BCUT2D eigenvalue weighted by atomic mass is 79.9. The van der Waals surface area contributed by atoms with Gasteiger partial charge in [0.15, 0.2) is 0 Å². The smallest absolute Gasteiger partial charge is 0.337 e. The Morgan fingerprint density at radius 3 is 1.53 bits per heavy atom. The Balaban J connectivity index is 0.000000216. The quantitative estimate of drug-likeness (QED) is 0.130. The maximum Gasteiger partial charge on any atom is 0.337 e. The number of likely N-dealkylation sites (tertiary alicyclic amines) is 2. The average molecular weight is 882 g/mol.